The third-order valence-corrected chi connectivity index (χ3v) is 2.40. The van der Waals surface area contributed by atoms with Crippen LogP contribution in [0.1, 0.15) is 46.5 Å². The van der Waals surface area contributed by atoms with Gasteiger partial charge in [-0.25, -0.2) is 4.79 Å². The van der Waals surface area contributed by atoms with Gasteiger partial charge in [0.2, 0.25) is 0 Å². The summed E-state index contributed by atoms with van der Waals surface area (Å²) in [5, 5.41) is 18.9. The molecule has 116 valence electrons. The number of carboxylic acid groups (broad SMARTS) is 1. The molecule has 7 heteroatoms. The Balaban J connectivity index is 4.56. The summed E-state index contributed by atoms with van der Waals surface area (Å²) in [7, 11) is 0. The van der Waals surface area contributed by atoms with E-state index >= 15 is 0 Å². The summed E-state index contributed by atoms with van der Waals surface area (Å²) in [6.45, 7) is 5.25. The lowest BCUT2D eigenvalue weighted by molar-refractivity contribution is -0.174. The summed E-state index contributed by atoms with van der Waals surface area (Å²) in [5.41, 5.74) is -2.50. The molecule has 0 aromatic rings. The van der Waals surface area contributed by atoms with Crippen molar-refractivity contribution in [3.05, 3.63) is 0 Å². The van der Waals surface area contributed by atoms with E-state index in [2.05, 4.69) is 0 Å². The van der Waals surface area contributed by atoms with Crippen molar-refractivity contribution in [2.24, 2.45) is 0 Å². The van der Waals surface area contributed by atoms with Gasteiger partial charge in [-0.05, 0) is 20.3 Å². The topological polar surface area (TPSA) is 110 Å². The van der Waals surface area contributed by atoms with Gasteiger partial charge in [0.05, 0.1) is 25.6 Å². The zero-order chi connectivity index (χ0) is 15.8. The van der Waals surface area contributed by atoms with Crippen molar-refractivity contribution in [1.29, 1.82) is 0 Å². The molecule has 20 heavy (non-hydrogen) atoms. The van der Waals surface area contributed by atoms with Crippen LogP contribution < -0.4 is 0 Å². The molecule has 7 nitrogen and oxygen atoms in total. The molecule has 0 saturated heterocycles. The summed E-state index contributed by atoms with van der Waals surface area (Å²) in [6.07, 6.45) is -0.566. The molecule has 0 heterocycles. The normalized spacial score (nSPS) is 13.7. The van der Waals surface area contributed by atoms with Gasteiger partial charge in [-0.15, -0.1) is 0 Å². The second-order valence-corrected chi connectivity index (χ2v) is 4.80. The molecular formula is C13H22O7. The third kappa shape index (κ3) is 7.08. The number of aliphatic carboxylic acids is 1. The highest BCUT2D eigenvalue weighted by atomic mass is 16.5. The molecule has 0 rings (SSSR count). The Labute approximate surface area is 117 Å². The Bertz CT molecular complexity index is 351. The van der Waals surface area contributed by atoms with E-state index in [-0.39, 0.29) is 6.61 Å². The summed E-state index contributed by atoms with van der Waals surface area (Å²) < 4.78 is 9.54. The van der Waals surface area contributed by atoms with Crippen LogP contribution in [0.2, 0.25) is 0 Å². The van der Waals surface area contributed by atoms with Gasteiger partial charge >= 0.3 is 17.9 Å². The second-order valence-electron chi connectivity index (χ2n) is 4.80. The average molecular weight is 290 g/mol. The number of esters is 2. The highest BCUT2D eigenvalue weighted by Gasteiger charge is 2.42. The van der Waals surface area contributed by atoms with Gasteiger partial charge in [-0.3, -0.25) is 9.59 Å². The molecule has 0 saturated carbocycles. The molecule has 2 N–H and O–H groups in total. The molecule has 0 aliphatic rings. The quantitative estimate of drug-likeness (QED) is 0.479. The molecule has 0 radical (unpaired) electrons. The number of hydrogen-bond acceptors (Lipinski definition) is 6. The summed E-state index contributed by atoms with van der Waals surface area (Å²) in [5.74, 6) is -3.40. The Hall–Kier alpha value is -1.63. The molecule has 1 unspecified atom stereocenters. The Morgan fingerprint density at radius 1 is 1.15 bits per heavy atom. The van der Waals surface area contributed by atoms with E-state index in [9.17, 15) is 19.5 Å². The molecule has 0 fully saturated rings. The van der Waals surface area contributed by atoms with Crippen LogP contribution in [0.25, 0.3) is 0 Å². The number of rotatable bonds is 9. The van der Waals surface area contributed by atoms with Crippen LogP contribution in [-0.2, 0) is 23.9 Å². The van der Waals surface area contributed by atoms with Gasteiger partial charge in [0, 0.05) is 0 Å². The highest BCUT2D eigenvalue weighted by molar-refractivity contribution is 5.89. The smallest absolute Gasteiger partial charge is 0.336 e. The van der Waals surface area contributed by atoms with Crippen LogP contribution in [0.3, 0.4) is 0 Å². The van der Waals surface area contributed by atoms with Gasteiger partial charge in [0.25, 0.3) is 0 Å². The van der Waals surface area contributed by atoms with E-state index in [1.807, 2.05) is 6.92 Å². The van der Waals surface area contributed by atoms with Crippen molar-refractivity contribution in [2.75, 3.05) is 6.61 Å². The maximum absolute atomic E-state index is 11.4. The van der Waals surface area contributed by atoms with Crippen molar-refractivity contribution in [1.82, 2.24) is 0 Å². The van der Waals surface area contributed by atoms with Crippen molar-refractivity contribution < 1.29 is 34.1 Å². The molecule has 0 amide bonds. The molecule has 0 bridgehead atoms. The van der Waals surface area contributed by atoms with Crippen molar-refractivity contribution in [2.45, 2.75) is 58.2 Å². The predicted octanol–water partition coefficient (Wildman–Crippen LogP) is 0.877. The lowest BCUT2D eigenvalue weighted by Gasteiger charge is -2.22. The van der Waals surface area contributed by atoms with Gasteiger partial charge in [0.1, 0.15) is 0 Å². The van der Waals surface area contributed by atoms with Crippen molar-refractivity contribution >= 4 is 17.9 Å². The number of hydrogen-bond donors (Lipinski definition) is 2. The first-order valence-electron chi connectivity index (χ1n) is 6.52. The first-order chi connectivity index (χ1) is 9.21. The molecule has 0 aliphatic heterocycles. The Kier molecular flexibility index (Phi) is 7.83. The van der Waals surface area contributed by atoms with Crippen LogP contribution in [0, 0.1) is 0 Å². The van der Waals surface area contributed by atoms with E-state index in [0.29, 0.717) is 6.42 Å². The van der Waals surface area contributed by atoms with Crippen molar-refractivity contribution in [3.63, 3.8) is 0 Å². The number of ether oxygens (including phenoxy) is 2. The minimum Gasteiger partial charge on any atom is -0.479 e. The van der Waals surface area contributed by atoms with Gasteiger partial charge < -0.3 is 19.7 Å². The number of carbonyl (C=O) groups is 3. The summed E-state index contributed by atoms with van der Waals surface area (Å²) >= 11 is 0. The van der Waals surface area contributed by atoms with Crippen LogP contribution in [0.4, 0.5) is 0 Å². The lowest BCUT2D eigenvalue weighted by Crippen LogP contribution is -2.43. The summed E-state index contributed by atoms with van der Waals surface area (Å²) in [6, 6.07) is 0. The Morgan fingerprint density at radius 3 is 2.15 bits per heavy atom. The maximum Gasteiger partial charge on any atom is 0.336 e. The maximum atomic E-state index is 11.4. The number of carbonyl (C=O) groups excluding carboxylic acids is 2. The molecular weight excluding hydrogens is 268 g/mol. The van der Waals surface area contributed by atoms with E-state index in [1.165, 1.54) is 0 Å². The van der Waals surface area contributed by atoms with Crippen LogP contribution in [0.15, 0.2) is 0 Å². The largest absolute Gasteiger partial charge is 0.479 e. The minimum atomic E-state index is -2.50. The predicted molar refractivity (Wildman–Crippen MR) is 68.9 cm³/mol. The van der Waals surface area contributed by atoms with E-state index in [0.717, 1.165) is 6.42 Å². The van der Waals surface area contributed by atoms with Gasteiger partial charge in [-0.1, -0.05) is 13.3 Å². The molecule has 0 aromatic carbocycles. The van der Waals surface area contributed by atoms with E-state index in [1.54, 1.807) is 13.8 Å². The fraction of sp³-hybridized carbons (Fsp3) is 0.769. The number of aliphatic hydroxyl groups is 1. The van der Waals surface area contributed by atoms with Gasteiger partial charge in [0.15, 0.2) is 5.60 Å². The van der Waals surface area contributed by atoms with Crippen LogP contribution >= 0.6 is 0 Å². The monoisotopic (exact) mass is 290 g/mol. The lowest BCUT2D eigenvalue weighted by atomic mass is 9.96. The third-order valence-electron chi connectivity index (χ3n) is 2.40. The van der Waals surface area contributed by atoms with Crippen LogP contribution in [0.5, 0.6) is 0 Å². The zero-order valence-corrected chi connectivity index (χ0v) is 12.0. The van der Waals surface area contributed by atoms with E-state index < -0.39 is 42.5 Å². The first kappa shape index (κ1) is 18.4. The fourth-order valence-electron chi connectivity index (χ4n) is 1.38. The van der Waals surface area contributed by atoms with Crippen LogP contribution in [-0.4, -0.2) is 46.4 Å². The Morgan fingerprint density at radius 2 is 1.70 bits per heavy atom. The fourth-order valence-corrected chi connectivity index (χ4v) is 1.38. The van der Waals surface area contributed by atoms with E-state index in [4.69, 9.17) is 14.6 Å². The second kappa shape index (κ2) is 8.52. The SMILES string of the molecule is CCCCOC(=O)CC(O)(CC(=O)OC(C)C)C(=O)O. The molecule has 0 spiro atoms. The number of carboxylic acids is 1. The summed E-state index contributed by atoms with van der Waals surface area (Å²) in [4.78, 5) is 33.9. The van der Waals surface area contributed by atoms with Crippen molar-refractivity contribution in [3.8, 4) is 0 Å². The zero-order valence-electron chi connectivity index (χ0n) is 12.0. The highest BCUT2D eigenvalue weighted by Crippen LogP contribution is 2.18. The molecule has 0 aliphatic carbocycles. The molecule has 1 atom stereocenters. The molecule has 0 aromatic heterocycles. The minimum absolute atomic E-state index is 0.154. The average Bonchev–Trinajstić information content (AvgIpc) is 2.27. The van der Waals surface area contributed by atoms with Gasteiger partial charge in [-0.2, -0.15) is 0 Å². The first-order valence-corrected chi connectivity index (χ1v) is 6.52. The standard InChI is InChI=1S/C13H22O7/c1-4-5-6-19-10(14)7-13(18,12(16)17)8-11(15)20-9(2)3/h9,18H,4-8H2,1-3H3,(H,16,17). The number of unbranched alkanes of at least 4 members (excludes halogenated alkanes) is 1.